The molecule has 0 heterocycles. The minimum Gasteiger partial charge on any atom is -0.497 e. The summed E-state index contributed by atoms with van der Waals surface area (Å²) >= 11 is 0. The highest BCUT2D eigenvalue weighted by molar-refractivity contribution is 5.54. The average Bonchev–Trinajstić information content (AvgIpc) is 2.64. The van der Waals surface area contributed by atoms with Gasteiger partial charge < -0.3 is 18.9 Å². The van der Waals surface area contributed by atoms with Crippen LogP contribution in [-0.4, -0.2) is 28.4 Å². The molecule has 0 spiro atoms. The van der Waals surface area contributed by atoms with Crippen molar-refractivity contribution in [3.8, 4) is 29.1 Å². The third kappa shape index (κ3) is 3.72. The number of hydrogen-bond donors (Lipinski definition) is 0. The van der Waals surface area contributed by atoms with Gasteiger partial charge >= 0.3 is 0 Å². The predicted molar refractivity (Wildman–Crippen MR) is 91.2 cm³/mol. The molecule has 1 atom stereocenters. The number of ether oxygens (including phenoxy) is 4. The van der Waals surface area contributed by atoms with Gasteiger partial charge in [-0.1, -0.05) is 12.1 Å². The van der Waals surface area contributed by atoms with Crippen molar-refractivity contribution in [3.05, 3.63) is 47.5 Å². The molecule has 0 saturated heterocycles. The van der Waals surface area contributed by atoms with Gasteiger partial charge in [-0.2, -0.15) is 5.26 Å². The summed E-state index contributed by atoms with van der Waals surface area (Å²) in [7, 11) is 6.32. The van der Waals surface area contributed by atoms with E-state index in [0.717, 1.165) is 16.9 Å². The summed E-state index contributed by atoms with van der Waals surface area (Å²) in [5.74, 6) is 2.13. The Kier molecular flexibility index (Phi) is 5.91. The van der Waals surface area contributed by atoms with Crippen LogP contribution in [0.5, 0.6) is 23.0 Å². The largest absolute Gasteiger partial charge is 0.497 e. The van der Waals surface area contributed by atoms with Crippen LogP contribution in [0.25, 0.3) is 0 Å². The van der Waals surface area contributed by atoms with Crippen LogP contribution in [0.4, 0.5) is 0 Å². The van der Waals surface area contributed by atoms with Gasteiger partial charge in [0.2, 0.25) is 5.75 Å². The number of methoxy groups -OCH3 is 4. The number of nitriles is 1. The lowest BCUT2D eigenvalue weighted by atomic mass is 9.93. The van der Waals surface area contributed by atoms with Gasteiger partial charge in [-0.3, -0.25) is 0 Å². The SMILES string of the molecule is COc1cccc(C(C#N)Cc2cc(OC)c(OC)c(OC)c2)c1. The molecule has 126 valence electrons. The Morgan fingerprint density at radius 1 is 0.917 bits per heavy atom. The third-order valence-corrected chi connectivity index (χ3v) is 3.82. The summed E-state index contributed by atoms with van der Waals surface area (Å²) in [5.41, 5.74) is 1.84. The first-order valence-corrected chi connectivity index (χ1v) is 7.49. The number of hydrogen-bond acceptors (Lipinski definition) is 5. The Labute approximate surface area is 142 Å². The van der Waals surface area contributed by atoms with Gasteiger partial charge in [0, 0.05) is 0 Å². The maximum Gasteiger partial charge on any atom is 0.203 e. The van der Waals surface area contributed by atoms with E-state index < -0.39 is 0 Å². The second-order valence-corrected chi connectivity index (χ2v) is 5.20. The molecule has 5 nitrogen and oxygen atoms in total. The van der Waals surface area contributed by atoms with Crippen LogP contribution in [0.15, 0.2) is 36.4 Å². The topological polar surface area (TPSA) is 60.7 Å². The average molecular weight is 327 g/mol. The highest BCUT2D eigenvalue weighted by Gasteiger charge is 2.17. The van der Waals surface area contributed by atoms with E-state index in [4.69, 9.17) is 18.9 Å². The summed E-state index contributed by atoms with van der Waals surface area (Å²) in [6.45, 7) is 0. The normalized spacial score (nSPS) is 11.3. The van der Waals surface area contributed by atoms with Gasteiger partial charge in [0.05, 0.1) is 40.4 Å². The predicted octanol–water partition coefficient (Wildman–Crippen LogP) is 3.57. The fourth-order valence-electron chi connectivity index (χ4n) is 2.59. The molecule has 2 aromatic carbocycles. The standard InChI is InChI=1S/C19H21NO4/c1-21-16-7-5-6-14(11-16)15(12-20)8-13-9-17(22-2)19(24-4)18(10-13)23-3/h5-7,9-11,15H,8H2,1-4H3. The van der Waals surface area contributed by atoms with Crippen molar-refractivity contribution in [1.82, 2.24) is 0 Å². The minimum absolute atomic E-state index is 0.303. The van der Waals surface area contributed by atoms with Crippen LogP contribution < -0.4 is 18.9 Å². The second-order valence-electron chi connectivity index (χ2n) is 5.20. The quantitative estimate of drug-likeness (QED) is 0.778. The number of benzene rings is 2. The Morgan fingerprint density at radius 2 is 1.58 bits per heavy atom. The molecular formula is C19H21NO4. The molecule has 0 aliphatic carbocycles. The smallest absolute Gasteiger partial charge is 0.203 e. The molecule has 0 N–H and O–H groups in total. The lowest BCUT2D eigenvalue weighted by Crippen LogP contribution is -2.03. The van der Waals surface area contributed by atoms with Gasteiger partial charge in [0.25, 0.3) is 0 Å². The summed E-state index contributed by atoms with van der Waals surface area (Å²) in [6.07, 6.45) is 0.528. The second kappa shape index (κ2) is 8.11. The van der Waals surface area contributed by atoms with Crippen LogP contribution >= 0.6 is 0 Å². The number of rotatable bonds is 7. The highest BCUT2D eigenvalue weighted by Crippen LogP contribution is 2.39. The molecule has 24 heavy (non-hydrogen) atoms. The van der Waals surface area contributed by atoms with E-state index in [2.05, 4.69) is 6.07 Å². The molecule has 2 rings (SSSR count). The van der Waals surface area contributed by atoms with E-state index in [9.17, 15) is 5.26 Å². The van der Waals surface area contributed by atoms with Crippen molar-refractivity contribution in [2.24, 2.45) is 0 Å². The Bertz CT molecular complexity index is 711. The lowest BCUT2D eigenvalue weighted by molar-refractivity contribution is 0.323. The molecule has 2 aromatic rings. The molecule has 0 fully saturated rings. The van der Waals surface area contributed by atoms with Crippen molar-refractivity contribution in [2.45, 2.75) is 12.3 Å². The summed E-state index contributed by atoms with van der Waals surface area (Å²) in [6, 6.07) is 13.6. The Morgan fingerprint density at radius 3 is 2.08 bits per heavy atom. The van der Waals surface area contributed by atoms with Crippen LogP contribution in [-0.2, 0) is 6.42 Å². The summed E-state index contributed by atoms with van der Waals surface area (Å²) < 4.78 is 21.3. The molecular weight excluding hydrogens is 306 g/mol. The molecule has 0 aromatic heterocycles. The van der Waals surface area contributed by atoms with E-state index >= 15 is 0 Å². The highest BCUT2D eigenvalue weighted by atomic mass is 16.5. The van der Waals surface area contributed by atoms with E-state index in [-0.39, 0.29) is 5.92 Å². The fourth-order valence-corrected chi connectivity index (χ4v) is 2.59. The molecule has 0 amide bonds. The molecule has 0 aliphatic heterocycles. The monoisotopic (exact) mass is 327 g/mol. The zero-order valence-electron chi connectivity index (χ0n) is 14.3. The van der Waals surface area contributed by atoms with Crippen molar-refractivity contribution < 1.29 is 18.9 Å². The first kappa shape index (κ1) is 17.5. The van der Waals surface area contributed by atoms with Crippen molar-refractivity contribution in [1.29, 1.82) is 5.26 Å². The van der Waals surface area contributed by atoms with Gasteiger partial charge in [0.15, 0.2) is 11.5 Å². The fraction of sp³-hybridized carbons (Fsp3) is 0.316. The zero-order chi connectivity index (χ0) is 17.5. The maximum atomic E-state index is 9.58. The molecule has 0 radical (unpaired) electrons. The van der Waals surface area contributed by atoms with Gasteiger partial charge in [-0.15, -0.1) is 0 Å². The van der Waals surface area contributed by atoms with Crippen LogP contribution in [0, 0.1) is 11.3 Å². The van der Waals surface area contributed by atoms with E-state index in [1.807, 2.05) is 36.4 Å². The zero-order valence-corrected chi connectivity index (χ0v) is 14.3. The van der Waals surface area contributed by atoms with Crippen LogP contribution in [0.1, 0.15) is 17.0 Å². The third-order valence-electron chi connectivity index (χ3n) is 3.82. The molecule has 5 heteroatoms. The van der Waals surface area contributed by atoms with E-state index in [0.29, 0.717) is 23.7 Å². The maximum absolute atomic E-state index is 9.58. The first-order chi connectivity index (χ1) is 11.7. The van der Waals surface area contributed by atoms with Gasteiger partial charge in [0.1, 0.15) is 5.75 Å². The number of nitrogens with zero attached hydrogens (tertiary/aromatic N) is 1. The molecule has 1 unspecified atom stereocenters. The van der Waals surface area contributed by atoms with Gasteiger partial charge in [-0.25, -0.2) is 0 Å². The minimum atomic E-state index is -0.303. The van der Waals surface area contributed by atoms with Crippen molar-refractivity contribution in [3.63, 3.8) is 0 Å². The Hall–Kier alpha value is -2.87. The lowest BCUT2D eigenvalue weighted by Gasteiger charge is -2.16. The Balaban J connectivity index is 2.35. The van der Waals surface area contributed by atoms with Crippen molar-refractivity contribution >= 4 is 0 Å². The summed E-state index contributed by atoms with van der Waals surface area (Å²) in [5, 5.41) is 9.58. The summed E-state index contributed by atoms with van der Waals surface area (Å²) in [4.78, 5) is 0. The van der Waals surface area contributed by atoms with Crippen molar-refractivity contribution in [2.75, 3.05) is 28.4 Å². The molecule has 0 aliphatic rings. The van der Waals surface area contributed by atoms with Gasteiger partial charge in [-0.05, 0) is 41.8 Å². The van der Waals surface area contributed by atoms with E-state index in [1.54, 1.807) is 28.4 Å². The van der Waals surface area contributed by atoms with E-state index in [1.165, 1.54) is 0 Å². The van der Waals surface area contributed by atoms with Crippen LogP contribution in [0.2, 0.25) is 0 Å². The first-order valence-electron chi connectivity index (χ1n) is 7.49. The van der Waals surface area contributed by atoms with Crippen LogP contribution in [0.3, 0.4) is 0 Å². The molecule has 0 saturated carbocycles. The molecule has 0 bridgehead atoms.